The molecule has 1 N–H and O–H groups in total. The van der Waals surface area contributed by atoms with E-state index in [2.05, 4.69) is 20.8 Å². The second-order valence-electron chi connectivity index (χ2n) is 5.70. The van der Waals surface area contributed by atoms with Crippen LogP contribution < -0.4 is 0 Å². The van der Waals surface area contributed by atoms with Gasteiger partial charge in [-0.25, -0.2) is 4.39 Å². The summed E-state index contributed by atoms with van der Waals surface area (Å²) in [5.41, 5.74) is 0.686. The molecule has 0 spiro atoms. The molecular formula is C15H21BrFNO. The third kappa shape index (κ3) is 3.18. The van der Waals surface area contributed by atoms with Crippen molar-refractivity contribution < 1.29 is 9.50 Å². The van der Waals surface area contributed by atoms with Crippen LogP contribution in [0, 0.1) is 5.82 Å². The van der Waals surface area contributed by atoms with E-state index >= 15 is 0 Å². The number of rotatable bonds is 4. The molecule has 1 fully saturated rings. The number of likely N-dealkylation sites (N-methyl/N-ethyl adjacent to an activating group) is 1. The molecule has 2 nitrogen and oxygen atoms in total. The van der Waals surface area contributed by atoms with Gasteiger partial charge in [0, 0.05) is 16.4 Å². The standard InChI is InChI=1S/C15H21BrFNO/c1-18(2)15(5-3-4-6-15)14(19)9-11-7-12(16)10-13(17)8-11/h7-8,10,14,19H,3-6,9H2,1-2H3. The second kappa shape index (κ2) is 5.90. The van der Waals surface area contributed by atoms with E-state index in [1.807, 2.05) is 20.2 Å². The molecule has 1 unspecified atom stereocenters. The highest BCUT2D eigenvalue weighted by Gasteiger charge is 2.42. The maximum Gasteiger partial charge on any atom is 0.124 e. The van der Waals surface area contributed by atoms with E-state index in [9.17, 15) is 9.50 Å². The SMILES string of the molecule is CN(C)C1(C(O)Cc2cc(F)cc(Br)c2)CCCC1. The van der Waals surface area contributed by atoms with Gasteiger partial charge in [-0.2, -0.15) is 0 Å². The van der Waals surface area contributed by atoms with Crippen LogP contribution in [0.1, 0.15) is 31.2 Å². The van der Waals surface area contributed by atoms with Crippen LogP contribution in [0.5, 0.6) is 0 Å². The molecule has 1 aromatic rings. The van der Waals surface area contributed by atoms with Crippen LogP contribution in [0.25, 0.3) is 0 Å². The minimum absolute atomic E-state index is 0.154. The van der Waals surface area contributed by atoms with Gasteiger partial charge in [-0.3, -0.25) is 0 Å². The molecule has 0 heterocycles. The molecule has 1 aliphatic rings. The van der Waals surface area contributed by atoms with Crippen LogP contribution in [0.4, 0.5) is 4.39 Å². The molecule has 0 radical (unpaired) electrons. The minimum Gasteiger partial charge on any atom is -0.391 e. The molecular weight excluding hydrogens is 309 g/mol. The number of aliphatic hydroxyl groups excluding tert-OH is 1. The number of nitrogens with zero attached hydrogens (tertiary/aromatic N) is 1. The highest BCUT2D eigenvalue weighted by Crippen LogP contribution is 2.38. The van der Waals surface area contributed by atoms with Gasteiger partial charge in [0.15, 0.2) is 0 Å². The fourth-order valence-corrected chi connectivity index (χ4v) is 3.72. The lowest BCUT2D eigenvalue weighted by molar-refractivity contribution is -0.00253. The number of halogens is 2. The highest BCUT2D eigenvalue weighted by atomic mass is 79.9. The van der Waals surface area contributed by atoms with E-state index in [4.69, 9.17) is 0 Å². The van der Waals surface area contributed by atoms with Crippen LogP contribution in [0.3, 0.4) is 0 Å². The van der Waals surface area contributed by atoms with Crippen molar-refractivity contribution in [2.24, 2.45) is 0 Å². The van der Waals surface area contributed by atoms with Crippen molar-refractivity contribution in [3.05, 3.63) is 34.1 Å². The molecule has 0 amide bonds. The van der Waals surface area contributed by atoms with Gasteiger partial charge in [0.1, 0.15) is 5.82 Å². The minimum atomic E-state index is -0.460. The molecule has 106 valence electrons. The zero-order chi connectivity index (χ0) is 14.0. The lowest BCUT2D eigenvalue weighted by atomic mass is 9.85. The Hall–Kier alpha value is -0.450. The summed E-state index contributed by atoms with van der Waals surface area (Å²) in [7, 11) is 4.05. The quantitative estimate of drug-likeness (QED) is 0.915. The molecule has 4 heteroatoms. The maximum absolute atomic E-state index is 13.4. The summed E-state index contributed by atoms with van der Waals surface area (Å²) in [4.78, 5) is 2.14. The van der Waals surface area contributed by atoms with Crippen molar-refractivity contribution >= 4 is 15.9 Å². The van der Waals surface area contributed by atoms with Crippen molar-refractivity contribution in [2.45, 2.75) is 43.7 Å². The third-order valence-corrected chi connectivity index (χ3v) is 4.79. The van der Waals surface area contributed by atoms with E-state index in [1.165, 1.54) is 12.1 Å². The van der Waals surface area contributed by atoms with Crippen LogP contribution in [-0.4, -0.2) is 35.7 Å². The monoisotopic (exact) mass is 329 g/mol. The summed E-state index contributed by atoms with van der Waals surface area (Å²) < 4.78 is 14.1. The van der Waals surface area contributed by atoms with Crippen LogP contribution in [-0.2, 0) is 6.42 Å². The predicted molar refractivity (Wildman–Crippen MR) is 78.7 cm³/mol. The van der Waals surface area contributed by atoms with Gasteiger partial charge in [-0.05, 0) is 50.7 Å². The first-order chi connectivity index (χ1) is 8.94. The summed E-state index contributed by atoms with van der Waals surface area (Å²) in [5.74, 6) is -0.262. The zero-order valence-electron chi connectivity index (χ0n) is 11.5. The van der Waals surface area contributed by atoms with E-state index in [0.717, 1.165) is 35.7 Å². The Balaban J connectivity index is 2.17. The first-order valence-corrected chi connectivity index (χ1v) is 7.54. The van der Waals surface area contributed by atoms with Crippen molar-refractivity contribution in [2.75, 3.05) is 14.1 Å². The molecule has 0 bridgehead atoms. The Labute approximate surface area is 122 Å². The molecule has 1 saturated carbocycles. The molecule has 1 atom stereocenters. The van der Waals surface area contributed by atoms with Crippen molar-refractivity contribution in [3.63, 3.8) is 0 Å². The molecule has 19 heavy (non-hydrogen) atoms. The van der Waals surface area contributed by atoms with Gasteiger partial charge in [-0.15, -0.1) is 0 Å². The molecule has 0 aromatic heterocycles. The average molecular weight is 330 g/mol. The smallest absolute Gasteiger partial charge is 0.124 e. The van der Waals surface area contributed by atoms with E-state index < -0.39 is 6.10 Å². The predicted octanol–water partition coefficient (Wildman–Crippen LogP) is 3.37. The Bertz CT molecular complexity index is 424. The number of aliphatic hydroxyl groups is 1. The summed E-state index contributed by atoms with van der Waals surface area (Å²) in [5, 5.41) is 10.6. The average Bonchev–Trinajstić information content (AvgIpc) is 2.77. The first kappa shape index (κ1) is 14.9. The topological polar surface area (TPSA) is 23.5 Å². The van der Waals surface area contributed by atoms with Crippen molar-refractivity contribution in [3.8, 4) is 0 Å². The summed E-state index contributed by atoms with van der Waals surface area (Å²) in [6.07, 6.45) is 4.37. The normalized spacial score (nSPS) is 19.9. The lowest BCUT2D eigenvalue weighted by Gasteiger charge is -2.40. The molecule has 1 aromatic carbocycles. The van der Waals surface area contributed by atoms with Gasteiger partial charge < -0.3 is 10.0 Å². The molecule has 2 rings (SSSR count). The highest BCUT2D eigenvalue weighted by molar-refractivity contribution is 9.10. The van der Waals surface area contributed by atoms with Crippen LogP contribution in [0.2, 0.25) is 0 Å². The molecule has 0 aliphatic heterocycles. The van der Waals surface area contributed by atoms with Crippen LogP contribution >= 0.6 is 15.9 Å². The number of hydrogen-bond acceptors (Lipinski definition) is 2. The van der Waals surface area contributed by atoms with Crippen LogP contribution in [0.15, 0.2) is 22.7 Å². The van der Waals surface area contributed by atoms with Gasteiger partial charge >= 0.3 is 0 Å². The summed E-state index contributed by atoms with van der Waals surface area (Å²) >= 11 is 3.30. The summed E-state index contributed by atoms with van der Waals surface area (Å²) in [6.45, 7) is 0. The van der Waals surface area contributed by atoms with Gasteiger partial charge in [-0.1, -0.05) is 28.8 Å². The second-order valence-corrected chi connectivity index (χ2v) is 6.62. The molecule has 0 saturated heterocycles. The van der Waals surface area contributed by atoms with E-state index in [0.29, 0.717) is 6.42 Å². The Morgan fingerprint density at radius 3 is 2.47 bits per heavy atom. The van der Waals surface area contributed by atoms with Gasteiger partial charge in [0.05, 0.1) is 6.10 Å². The fraction of sp³-hybridized carbons (Fsp3) is 0.600. The van der Waals surface area contributed by atoms with Crippen molar-refractivity contribution in [1.29, 1.82) is 0 Å². The number of hydrogen-bond donors (Lipinski definition) is 1. The van der Waals surface area contributed by atoms with Gasteiger partial charge in [0.2, 0.25) is 0 Å². The molecule has 1 aliphatic carbocycles. The third-order valence-electron chi connectivity index (χ3n) is 4.33. The fourth-order valence-electron chi connectivity index (χ4n) is 3.21. The van der Waals surface area contributed by atoms with E-state index in [-0.39, 0.29) is 11.4 Å². The van der Waals surface area contributed by atoms with E-state index in [1.54, 1.807) is 0 Å². The Kier molecular flexibility index (Phi) is 4.64. The van der Waals surface area contributed by atoms with Crippen molar-refractivity contribution in [1.82, 2.24) is 4.90 Å². The Morgan fingerprint density at radius 1 is 1.32 bits per heavy atom. The zero-order valence-corrected chi connectivity index (χ0v) is 13.1. The number of benzene rings is 1. The first-order valence-electron chi connectivity index (χ1n) is 6.74. The van der Waals surface area contributed by atoms with Gasteiger partial charge in [0.25, 0.3) is 0 Å². The largest absolute Gasteiger partial charge is 0.391 e. The lowest BCUT2D eigenvalue weighted by Crippen LogP contribution is -2.52. The maximum atomic E-state index is 13.4. The summed E-state index contributed by atoms with van der Waals surface area (Å²) in [6, 6.07) is 4.82. The Morgan fingerprint density at radius 2 is 1.95 bits per heavy atom.